The van der Waals surface area contributed by atoms with Gasteiger partial charge < -0.3 is 9.88 Å². The number of hydrogen-bond acceptors (Lipinski definition) is 3. The fourth-order valence-corrected chi connectivity index (χ4v) is 2.40. The first-order valence-corrected chi connectivity index (χ1v) is 6.95. The minimum absolute atomic E-state index is 0.424. The highest BCUT2D eigenvalue weighted by atomic mass is 32.1. The van der Waals surface area contributed by atoms with E-state index >= 15 is 0 Å². The van der Waals surface area contributed by atoms with Crippen LogP contribution in [0.15, 0.2) is 30.0 Å². The van der Waals surface area contributed by atoms with Gasteiger partial charge in [0.05, 0.1) is 6.54 Å². The molecule has 0 saturated heterocycles. The zero-order chi connectivity index (χ0) is 12.1. The average Bonchev–Trinajstić information content (AvgIpc) is 2.98. The Morgan fingerprint density at radius 2 is 2.41 bits per heavy atom. The molecule has 1 atom stereocenters. The molecule has 4 heteroatoms. The number of thiazole rings is 1. The highest BCUT2D eigenvalue weighted by molar-refractivity contribution is 7.09. The first kappa shape index (κ1) is 12.3. The predicted molar refractivity (Wildman–Crippen MR) is 72.4 cm³/mol. The van der Waals surface area contributed by atoms with Crippen molar-refractivity contribution >= 4 is 11.3 Å². The molecule has 17 heavy (non-hydrogen) atoms. The van der Waals surface area contributed by atoms with Crippen LogP contribution in [-0.2, 0) is 6.54 Å². The topological polar surface area (TPSA) is 29.9 Å². The van der Waals surface area contributed by atoms with Crippen LogP contribution in [0.4, 0.5) is 0 Å². The average molecular weight is 249 g/mol. The van der Waals surface area contributed by atoms with E-state index in [0.717, 1.165) is 18.1 Å². The number of aromatic nitrogens is 2. The summed E-state index contributed by atoms with van der Waals surface area (Å²) >= 11 is 1.70. The van der Waals surface area contributed by atoms with E-state index in [0.29, 0.717) is 6.04 Å². The summed E-state index contributed by atoms with van der Waals surface area (Å²) in [5.74, 6) is 0. The molecule has 2 rings (SSSR count). The fraction of sp³-hybridized carbons (Fsp3) is 0.462. The van der Waals surface area contributed by atoms with E-state index in [1.54, 1.807) is 11.3 Å². The maximum absolute atomic E-state index is 4.30. The normalized spacial score (nSPS) is 12.8. The molecule has 0 fully saturated rings. The van der Waals surface area contributed by atoms with Crippen molar-refractivity contribution in [3.63, 3.8) is 0 Å². The molecule has 2 heterocycles. The number of nitrogens with zero attached hydrogens (tertiary/aromatic N) is 2. The molecule has 2 aromatic rings. The van der Waals surface area contributed by atoms with Gasteiger partial charge in [0.25, 0.3) is 0 Å². The highest BCUT2D eigenvalue weighted by Crippen LogP contribution is 2.14. The molecule has 2 aromatic heterocycles. The van der Waals surface area contributed by atoms with Crippen molar-refractivity contribution in [1.29, 1.82) is 0 Å². The van der Waals surface area contributed by atoms with Crippen molar-refractivity contribution in [2.75, 3.05) is 6.54 Å². The first-order valence-electron chi connectivity index (χ1n) is 6.07. The Hall–Kier alpha value is -1.13. The molecule has 0 aromatic carbocycles. The summed E-state index contributed by atoms with van der Waals surface area (Å²) in [7, 11) is 0. The Balaban J connectivity index is 1.95. The third kappa shape index (κ3) is 3.41. The highest BCUT2D eigenvalue weighted by Gasteiger charge is 2.06. The van der Waals surface area contributed by atoms with Gasteiger partial charge in [-0.2, -0.15) is 0 Å². The molecule has 1 N–H and O–H groups in total. The van der Waals surface area contributed by atoms with E-state index in [2.05, 4.69) is 47.2 Å². The summed E-state index contributed by atoms with van der Waals surface area (Å²) in [6.45, 7) is 6.34. The summed E-state index contributed by atoms with van der Waals surface area (Å²) in [6.07, 6.45) is 7.36. The SMILES string of the molecule is CCCNC(C)c1ccn(Cc2nccs2)c1. The standard InChI is InChI=1S/C13H19N3S/c1-3-5-14-11(2)12-4-7-16(9-12)10-13-15-6-8-17-13/h4,6-9,11,14H,3,5,10H2,1-2H3. The van der Waals surface area contributed by atoms with E-state index in [9.17, 15) is 0 Å². The number of rotatable bonds is 6. The smallest absolute Gasteiger partial charge is 0.112 e. The van der Waals surface area contributed by atoms with Crippen LogP contribution < -0.4 is 5.32 Å². The first-order chi connectivity index (χ1) is 8.29. The quantitative estimate of drug-likeness (QED) is 0.852. The van der Waals surface area contributed by atoms with Crippen molar-refractivity contribution in [2.24, 2.45) is 0 Å². The third-order valence-corrected chi connectivity index (χ3v) is 3.54. The zero-order valence-corrected chi connectivity index (χ0v) is 11.2. The lowest BCUT2D eigenvalue weighted by atomic mass is 10.2. The summed E-state index contributed by atoms with van der Waals surface area (Å²) < 4.78 is 2.19. The molecule has 3 nitrogen and oxygen atoms in total. The van der Waals surface area contributed by atoms with Gasteiger partial charge in [0.15, 0.2) is 0 Å². The van der Waals surface area contributed by atoms with Crippen LogP contribution in [0.25, 0.3) is 0 Å². The van der Waals surface area contributed by atoms with Gasteiger partial charge in [0.2, 0.25) is 0 Å². The molecule has 0 amide bonds. The Kier molecular flexibility index (Phi) is 4.34. The van der Waals surface area contributed by atoms with Crippen LogP contribution in [0.5, 0.6) is 0 Å². The van der Waals surface area contributed by atoms with E-state index in [-0.39, 0.29) is 0 Å². The summed E-state index contributed by atoms with van der Waals surface area (Å²) in [6, 6.07) is 2.61. The molecule has 1 unspecified atom stereocenters. The Morgan fingerprint density at radius 3 is 3.12 bits per heavy atom. The van der Waals surface area contributed by atoms with Crippen molar-refractivity contribution in [1.82, 2.24) is 14.9 Å². The maximum atomic E-state index is 4.30. The molecule has 0 aliphatic rings. The van der Waals surface area contributed by atoms with Crippen LogP contribution in [-0.4, -0.2) is 16.1 Å². The van der Waals surface area contributed by atoms with Crippen molar-refractivity contribution in [3.05, 3.63) is 40.6 Å². The van der Waals surface area contributed by atoms with Gasteiger partial charge in [-0.25, -0.2) is 4.98 Å². The Bertz CT molecular complexity index is 433. The van der Waals surface area contributed by atoms with E-state index in [1.165, 1.54) is 12.0 Å². The second-order valence-corrected chi connectivity index (χ2v) is 5.20. The summed E-state index contributed by atoms with van der Waals surface area (Å²) in [4.78, 5) is 4.30. The van der Waals surface area contributed by atoms with Gasteiger partial charge in [0, 0.05) is 30.0 Å². The lowest BCUT2D eigenvalue weighted by molar-refractivity contribution is 0.569. The van der Waals surface area contributed by atoms with Crippen molar-refractivity contribution in [3.8, 4) is 0 Å². The van der Waals surface area contributed by atoms with Crippen LogP contribution >= 0.6 is 11.3 Å². The van der Waals surface area contributed by atoms with Gasteiger partial charge in [-0.05, 0) is 31.5 Å². The van der Waals surface area contributed by atoms with Gasteiger partial charge >= 0.3 is 0 Å². The van der Waals surface area contributed by atoms with Crippen LogP contribution in [0.1, 0.15) is 36.9 Å². The molecule has 92 valence electrons. The maximum Gasteiger partial charge on any atom is 0.112 e. The molecule has 0 saturated carbocycles. The molecular weight excluding hydrogens is 230 g/mol. The second kappa shape index (κ2) is 5.98. The van der Waals surface area contributed by atoms with E-state index in [1.807, 2.05) is 11.6 Å². The van der Waals surface area contributed by atoms with E-state index < -0.39 is 0 Å². The Morgan fingerprint density at radius 1 is 1.53 bits per heavy atom. The van der Waals surface area contributed by atoms with Gasteiger partial charge in [-0.1, -0.05) is 6.92 Å². The van der Waals surface area contributed by atoms with Gasteiger partial charge in [-0.15, -0.1) is 11.3 Å². The van der Waals surface area contributed by atoms with E-state index in [4.69, 9.17) is 0 Å². The van der Waals surface area contributed by atoms with Crippen LogP contribution in [0.3, 0.4) is 0 Å². The van der Waals surface area contributed by atoms with Crippen molar-refractivity contribution in [2.45, 2.75) is 32.9 Å². The minimum atomic E-state index is 0.424. The summed E-state index contributed by atoms with van der Waals surface area (Å²) in [5.41, 5.74) is 1.34. The van der Waals surface area contributed by atoms with Gasteiger partial charge in [0.1, 0.15) is 5.01 Å². The zero-order valence-electron chi connectivity index (χ0n) is 10.4. The fourth-order valence-electron chi connectivity index (χ4n) is 1.78. The molecule has 0 spiro atoms. The molecule has 0 aliphatic carbocycles. The second-order valence-electron chi connectivity index (χ2n) is 4.22. The molecular formula is C13H19N3S. The molecule has 0 radical (unpaired) electrons. The predicted octanol–water partition coefficient (Wildman–Crippen LogP) is 3.05. The molecule has 0 bridgehead atoms. The van der Waals surface area contributed by atoms with Crippen LogP contribution in [0, 0.1) is 0 Å². The third-order valence-electron chi connectivity index (χ3n) is 2.78. The van der Waals surface area contributed by atoms with Crippen LogP contribution in [0.2, 0.25) is 0 Å². The largest absolute Gasteiger partial charge is 0.347 e. The number of nitrogens with one attached hydrogen (secondary N) is 1. The van der Waals surface area contributed by atoms with Gasteiger partial charge in [-0.3, -0.25) is 0 Å². The molecule has 0 aliphatic heterocycles. The lowest BCUT2D eigenvalue weighted by Gasteiger charge is -2.11. The minimum Gasteiger partial charge on any atom is -0.347 e. The summed E-state index contributed by atoms with van der Waals surface area (Å²) in [5, 5.41) is 6.67. The monoisotopic (exact) mass is 249 g/mol. The van der Waals surface area contributed by atoms with Crippen molar-refractivity contribution < 1.29 is 0 Å². The Labute approximate surface area is 107 Å². The lowest BCUT2D eigenvalue weighted by Crippen LogP contribution is -2.18. The number of hydrogen-bond donors (Lipinski definition) is 1.